The molecule has 0 amide bonds. The lowest BCUT2D eigenvalue weighted by Gasteiger charge is -2.30. The van der Waals surface area contributed by atoms with Crippen LogP contribution in [-0.4, -0.2) is 41.1 Å². The molecule has 1 aliphatic heterocycles. The van der Waals surface area contributed by atoms with E-state index >= 15 is 0 Å². The number of anilines is 1. The van der Waals surface area contributed by atoms with Crippen LogP contribution in [-0.2, 0) is 14.8 Å². The van der Waals surface area contributed by atoms with Gasteiger partial charge in [-0.1, -0.05) is 19.1 Å². The number of nitrogens with one attached hydrogen (secondary N) is 2. The third kappa shape index (κ3) is 3.62. The zero-order chi connectivity index (χ0) is 16.2. The van der Waals surface area contributed by atoms with Crippen LogP contribution in [0.15, 0.2) is 24.3 Å². The average Bonchev–Trinajstić information content (AvgIpc) is 2.54. The Balaban J connectivity index is 2.17. The zero-order valence-electron chi connectivity index (χ0n) is 13.7. The van der Waals surface area contributed by atoms with E-state index in [1.165, 1.54) is 0 Å². The van der Waals surface area contributed by atoms with Crippen molar-refractivity contribution in [3.63, 3.8) is 0 Å². The minimum Gasteiger partial charge on any atom is -0.369 e. The van der Waals surface area contributed by atoms with Gasteiger partial charge in [0.05, 0.1) is 0 Å². The molecule has 5 nitrogen and oxygen atoms in total. The highest BCUT2D eigenvalue weighted by Crippen LogP contribution is 2.30. The molecule has 0 aromatic heterocycles. The summed E-state index contributed by atoms with van der Waals surface area (Å²) in [5.74, 6) is 0. The number of hydrogen-bond donors (Lipinski definition) is 2. The van der Waals surface area contributed by atoms with Gasteiger partial charge in [-0.15, -0.1) is 0 Å². The first-order chi connectivity index (χ1) is 10.4. The summed E-state index contributed by atoms with van der Waals surface area (Å²) in [6.07, 6.45) is 0.789. The van der Waals surface area contributed by atoms with Crippen molar-refractivity contribution in [2.24, 2.45) is 0 Å². The van der Waals surface area contributed by atoms with E-state index in [1.807, 2.05) is 31.2 Å². The van der Waals surface area contributed by atoms with Crippen LogP contribution < -0.4 is 14.9 Å². The Bertz CT molecular complexity index is 576. The number of hydrogen-bond acceptors (Lipinski definition) is 4. The van der Waals surface area contributed by atoms with Crippen LogP contribution in [0.1, 0.15) is 32.8 Å². The van der Waals surface area contributed by atoms with Crippen LogP contribution in [0.3, 0.4) is 0 Å². The van der Waals surface area contributed by atoms with Crippen molar-refractivity contribution in [1.29, 1.82) is 0 Å². The lowest BCUT2D eigenvalue weighted by Crippen LogP contribution is -2.43. The topological polar surface area (TPSA) is 61.4 Å². The summed E-state index contributed by atoms with van der Waals surface area (Å²) in [5, 5.41) is 3.33. The molecule has 22 heavy (non-hydrogen) atoms. The quantitative estimate of drug-likeness (QED) is 0.835. The predicted octanol–water partition coefficient (Wildman–Crippen LogP) is 1.66. The summed E-state index contributed by atoms with van der Waals surface area (Å²) in [6, 6.07) is 7.92. The van der Waals surface area contributed by atoms with Gasteiger partial charge in [-0.25, -0.2) is 13.1 Å². The molecule has 124 valence electrons. The molecule has 0 atom stereocenters. The van der Waals surface area contributed by atoms with Gasteiger partial charge in [-0.3, -0.25) is 0 Å². The van der Waals surface area contributed by atoms with Crippen molar-refractivity contribution < 1.29 is 8.42 Å². The summed E-state index contributed by atoms with van der Waals surface area (Å²) < 4.78 is 26.7. The first-order valence-electron chi connectivity index (χ1n) is 7.94. The van der Waals surface area contributed by atoms with Crippen LogP contribution in [0.4, 0.5) is 5.69 Å². The van der Waals surface area contributed by atoms with Crippen LogP contribution in [0.2, 0.25) is 0 Å². The molecule has 0 unspecified atom stereocenters. The van der Waals surface area contributed by atoms with E-state index in [-0.39, 0.29) is 0 Å². The number of benzene rings is 1. The maximum absolute atomic E-state index is 12.5. The van der Waals surface area contributed by atoms with E-state index in [1.54, 1.807) is 13.8 Å². The van der Waals surface area contributed by atoms with Crippen molar-refractivity contribution in [1.82, 2.24) is 10.0 Å². The Labute approximate surface area is 134 Å². The van der Waals surface area contributed by atoms with Crippen molar-refractivity contribution >= 4 is 15.7 Å². The number of sulfonamides is 1. The Morgan fingerprint density at radius 2 is 1.77 bits per heavy atom. The molecule has 1 aromatic rings. The Morgan fingerprint density at radius 1 is 1.18 bits per heavy atom. The van der Waals surface area contributed by atoms with Crippen molar-refractivity contribution in [2.75, 3.05) is 37.6 Å². The molecule has 0 spiro atoms. The molecule has 1 aliphatic rings. The number of piperazine rings is 1. The lowest BCUT2D eigenvalue weighted by atomic mass is 10.0. The summed E-state index contributed by atoms with van der Waals surface area (Å²) in [5.41, 5.74) is 1.97. The SMILES string of the molecule is CCCNS(=O)(=O)C(C)(C)c1ccc(N2CCNCC2)cc1. The van der Waals surface area contributed by atoms with Gasteiger partial charge < -0.3 is 10.2 Å². The molecule has 1 heterocycles. The van der Waals surface area contributed by atoms with Crippen molar-refractivity contribution in [3.05, 3.63) is 29.8 Å². The summed E-state index contributed by atoms with van der Waals surface area (Å²) in [7, 11) is -3.39. The summed E-state index contributed by atoms with van der Waals surface area (Å²) >= 11 is 0. The number of rotatable bonds is 6. The van der Waals surface area contributed by atoms with Gasteiger partial charge in [0.2, 0.25) is 10.0 Å². The minimum absolute atomic E-state index is 0.477. The Hall–Kier alpha value is -1.11. The fraction of sp³-hybridized carbons (Fsp3) is 0.625. The van der Waals surface area contributed by atoms with Crippen LogP contribution in [0.5, 0.6) is 0 Å². The first-order valence-corrected chi connectivity index (χ1v) is 9.42. The maximum Gasteiger partial charge on any atom is 0.221 e. The van der Waals surface area contributed by atoms with E-state index < -0.39 is 14.8 Å². The highest BCUT2D eigenvalue weighted by atomic mass is 32.2. The molecule has 0 saturated carbocycles. The second kappa shape index (κ2) is 6.98. The standard InChI is InChI=1S/C16H27N3O2S/c1-4-9-18-22(20,21)16(2,3)14-5-7-15(8-6-14)19-12-10-17-11-13-19/h5-8,17-18H,4,9-13H2,1-3H3. The van der Waals surface area contributed by atoms with Gasteiger partial charge in [0, 0.05) is 38.4 Å². The lowest BCUT2D eigenvalue weighted by molar-refractivity contribution is 0.539. The van der Waals surface area contributed by atoms with E-state index in [0.717, 1.165) is 43.9 Å². The molecule has 0 radical (unpaired) electrons. The smallest absolute Gasteiger partial charge is 0.221 e. The zero-order valence-corrected chi connectivity index (χ0v) is 14.5. The average molecular weight is 325 g/mol. The van der Waals surface area contributed by atoms with E-state index in [2.05, 4.69) is 14.9 Å². The van der Waals surface area contributed by atoms with Gasteiger partial charge in [0.1, 0.15) is 4.75 Å². The molecule has 1 aromatic carbocycles. The molecule has 6 heteroatoms. The third-order valence-electron chi connectivity index (χ3n) is 4.26. The van der Waals surface area contributed by atoms with E-state index in [9.17, 15) is 8.42 Å². The second-order valence-electron chi connectivity index (χ2n) is 6.19. The summed E-state index contributed by atoms with van der Waals surface area (Å²) in [6.45, 7) is 9.89. The van der Waals surface area contributed by atoms with E-state index in [4.69, 9.17) is 0 Å². The molecule has 2 N–H and O–H groups in total. The third-order valence-corrected chi connectivity index (χ3v) is 6.42. The monoisotopic (exact) mass is 325 g/mol. The first kappa shape index (κ1) is 17.2. The Kier molecular flexibility index (Phi) is 5.47. The largest absolute Gasteiger partial charge is 0.369 e. The minimum atomic E-state index is -3.39. The highest BCUT2D eigenvalue weighted by Gasteiger charge is 2.35. The van der Waals surface area contributed by atoms with Crippen LogP contribution in [0.25, 0.3) is 0 Å². The van der Waals surface area contributed by atoms with Gasteiger partial charge in [0.15, 0.2) is 0 Å². The van der Waals surface area contributed by atoms with E-state index in [0.29, 0.717) is 6.54 Å². The molecular weight excluding hydrogens is 298 g/mol. The molecule has 0 bridgehead atoms. The van der Waals surface area contributed by atoms with Crippen LogP contribution >= 0.6 is 0 Å². The fourth-order valence-electron chi connectivity index (χ4n) is 2.57. The molecule has 0 aliphatic carbocycles. The number of nitrogens with zero attached hydrogens (tertiary/aromatic N) is 1. The predicted molar refractivity (Wildman–Crippen MR) is 91.8 cm³/mol. The van der Waals surface area contributed by atoms with Gasteiger partial charge in [-0.05, 0) is 38.0 Å². The van der Waals surface area contributed by atoms with Crippen molar-refractivity contribution in [2.45, 2.75) is 31.9 Å². The summed E-state index contributed by atoms with van der Waals surface area (Å²) in [4.78, 5) is 2.32. The highest BCUT2D eigenvalue weighted by molar-refractivity contribution is 7.90. The molecule has 2 rings (SSSR count). The van der Waals surface area contributed by atoms with Gasteiger partial charge in [0.25, 0.3) is 0 Å². The molecular formula is C16H27N3O2S. The fourth-order valence-corrected chi connectivity index (χ4v) is 3.85. The maximum atomic E-state index is 12.5. The van der Waals surface area contributed by atoms with Crippen LogP contribution in [0, 0.1) is 0 Å². The molecule has 1 fully saturated rings. The second-order valence-corrected chi connectivity index (χ2v) is 8.51. The Morgan fingerprint density at radius 3 is 2.32 bits per heavy atom. The molecule has 1 saturated heterocycles. The van der Waals surface area contributed by atoms with Gasteiger partial charge >= 0.3 is 0 Å². The normalized spacial score (nSPS) is 16.8. The van der Waals surface area contributed by atoms with Crippen molar-refractivity contribution in [3.8, 4) is 0 Å². The van der Waals surface area contributed by atoms with Gasteiger partial charge in [-0.2, -0.15) is 0 Å².